The summed E-state index contributed by atoms with van der Waals surface area (Å²) in [7, 11) is -3.58. The van der Waals surface area contributed by atoms with Gasteiger partial charge in [0.25, 0.3) is 0 Å². The van der Waals surface area contributed by atoms with E-state index >= 15 is 0 Å². The van der Waals surface area contributed by atoms with Gasteiger partial charge in [0.2, 0.25) is 10.0 Å². The minimum absolute atomic E-state index is 0.0718. The van der Waals surface area contributed by atoms with Gasteiger partial charge in [0.05, 0.1) is 0 Å². The van der Waals surface area contributed by atoms with Crippen molar-refractivity contribution in [3.05, 3.63) is 48.4 Å². The molecule has 26 heavy (non-hydrogen) atoms. The van der Waals surface area contributed by atoms with E-state index in [0.717, 1.165) is 0 Å². The summed E-state index contributed by atoms with van der Waals surface area (Å²) in [5.74, 6) is -0.143. The van der Waals surface area contributed by atoms with E-state index in [0.29, 0.717) is 18.8 Å². The molecule has 1 aromatic heterocycles. The van der Waals surface area contributed by atoms with E-state index in [-0.39, 0.29) is 10.7 Å². The van der Waals surface area contributed by atoms with E-state index in [1.54, 1.807) is 13.8 Å². The molecule has 10 heteroatoms. The van der Waals surface area contributed by atoms with Crippen molar-refractivity contribution < 1.29 is 17.6 Å². The molecule has 2 rings (SSSR count). The van der Waals surface area contributed by atoms with Crippen molar-refractivity contribution in [1.82, 2.24) is 14.7 Å². The van der Waals surface area contributed by atoms with Crippen LogP contribution in [0.5, 0.6) is 0 Å². The number of anilines is 2. The average Bonchev–Trinajstić information content (AvgIpc) is 2.63. The summed E-state index contributed by atoms with van der Waals surface area (Å²) in [5.41, 5.74) is 5.32. The van der Waals surface area contributed by atoms with Gasteiger partial charge in [0.1, 0.15) is 16.5 Å². The number of hydrogen-bond donors (Lipinski definition) is 3. The maximum Gasteiger partial charge on any atom is 0.337 e. The Labute approximate surface area is 151 Å². The number of aromatic nitrogens is 1. The molecule has 0 aliphatic rings. The molecule has 0 saturated carbocycles. The van der Waals surface area contributed by atoms with Crippen molar-refractivity contribution >= 4 is 27.6 Å². The summed E-state index contributed by atoms with van der Waals surface area (Å²) in [6.45, 7) is 4.25. The molecule has 0 spiro atoms. The van der Waals surface area contributed by atoms with Crippen molar-refractivity contribution in [3.8, 4) is 0 Å². The number of hydrogen-bond acceptors (Lipinski definition) is 5. The van der Waals surface area contributed by atoms with Crippen LogP contribution in [0, 0.1) is 5.82 Å². The van der Waals surface area contributed by atoms with Gasteiger partial charge in [0.15, 0.2) is 0 Å². The molecule has 0 atom stereocenters. The van der Waals surface area contributed by atoms with Crippen molar-refractivity contribution in [1.29, 1.82) is 0 Å². The van der Waals surface area contributed by atoms with E-state index in [1.165, 1.54) is 46.9 Å². The highest BCUT2D eigenvalue weighted by atomic mass is 32.2. The van der Waals surface area contributed by atoms with E-state index in [1.807, 2.05) is 0 Å². The van der Waals surface area contributed by atoms with Gasteiger partial charge >= 0.3 is 6.03 Å². The summed E-state index contributed by atoms with van der Waals surface area (Å²) in [6.07, 6.45) is 1.22. The lowest BCUT2D eigenvalue weighted by molar-refractivity contribution is 0.254. The molecule has 2 aromatic rings. The maximum atomic E-state index is 12.8. The van der Waals surface area contributed by atoms with Gasteiger partial charge < -0.3 is 5.32 Å². The van der Waals surface area contributed by atoms with Crippen molar-refractivity contribution in [2.24, 2.45) is 0 Å². The first kappa shape index (κ1) is 19.6. The van der Waals surface area contributed by atoms with E-state index in [4.69, 9.17) is 0 Å². The van der Waals surface area contributed by atoms with Crippen LogP contribution in [0.2, 0.25) is 0 Å². The van der Waals surface area contributed by atoms with E-state index in [9.17, 15) is 17.6 Å². The van der Waals surface area contributed by atoms with E-state index < -0.39 is 21.9 Å². The van der Waals surface area contributed by atoms with Gasteiger partial charge in [-0.05, 0) is 36.4 Å². The lowest BCUT2D eigenvalue weighted by atomic mass is 10.3. The third-order valence-corrected chi connectivity index (χ3v) is 5.52. The number of carbonyl (C=O) groups excluding carboxylic acids is 1. The smallest absolute Gasteiger partial charge is 0.307 e. The van der Waals surface area contributed by atoms with Crippen LogP contribution in [0.4, 0.5) is 20.7 Å². The number of pyridine rings is 1. The zero-order chi connectivity index (χ0) is 19.2. The third-order valence-electron chi connectivity index (χ3n) is 3.49. The first-order valence-corrected chi connectivity index (χ1v) is 9.35. The van der Waals surface area contributed by atoms with Crippen LogP contribution in [-0.4, -0.2) is 36.8 Å². The van der Waals surface area contributed by atoms with Crippen molar-refractivity contribution in [2.75, 3.05) is 23.8 Å². The zero-order valence-corrected chi connectivity index (χ0v) is 15.2. The molecule has 0 fully saturated rings. The molecule has 0 aliphatic carbocycles. The van der Waals surface area contributed by atoms with Crippen LogP contribution in [0.25, 0.3) is 0 Å². The lowest BCUT2D eigenvalue weighted by Crippen LogP contribution is -2.34. The topological polar surface area (TPSA) is 103 Å². The largest absolute Gasteiger partial charge is 0.337 e. The number of hydrazine groups is 1. The first-order chi connectivity index (χ1) is 12.4. The second kappa shape index (κ2) is 8.59. The Morgan fingerprint density at radius 2 is 1.77 bits per heavy atom. The molecule has 8 nitrogen and oxygen atoms in total. The molecule has 0 radical (unpaired) electrons. The minimum Gasteiger partial charge on any atom is -0.307 e. The van der Waals surface area contributed by atoms with Crippen molar-refractivity contribution in [3.63, 3.8) is 0 Å². The fourth-order valence-electron chi connectivity index (χ4n) is 2.14. The third kappa shape index (κ3) is 4.90. The van der Waals surface area contributed by atoms with Crippen LogP contribution >= 0.6 is 0 Å². The molecule has 1 aromatic carbocycles. The quantitative estimate of drug-likeness (QED) is 0.639. The maximum absolute atomic E-state index is 12.8. The number of rotatable bonds is 7. The average molecular weight is 381 g/mol. The molecule has 140 valence electrons. The molecule has 3 N–H and O–H groups in total. The number of nitrogens with zero attached hydrogens (tertiary/aromatic N) is 2. The number of urea groups is 1. The molecule has 0 saturated heterocycles. The predicted octanol–water partition coefficient (Wildman–Crippen LogP) is 2.40. The van der Waals surface area contributed by atoms with Gasteiger partial charge in [-0.15, -0.1) is 0 Å². The highest BCUT2D eigenvalue weighted by Crippen LogP contribution is 2.15. The number of amides is 2. The number of nitrogens with one attached hydrogen (secondary N) is 3. The lowest BCUT2D eigenvalue weighted by Gasteiger charge is -2.18. The molecular weight excluding hydrogens is 361 g/mol. The minimum atomic E-state index is -3.58. The van der Waals surface area contributed by atoms with Crippen LogP contribution < -0.4 is 16.2 Å². The second-order valence-electron chi connectivity index (χ2n) is 5.18. The molecular formula is C16H20FN5O3S. The highest BCUT2D eigenvalue weighted by molar-refractivity contribution is 7.89. The summed E-state index contributed by atoms with van der Waals surface area (Å²) in [4.78, 5) is 15.8. The fourth-order valence-corrected chi connectivity index (χ4v) is 3.54. The van der Waals surface area contributed by atoms with Crippen LogP contribution in [0.3, 0.4) is 0 Å². The summed E-state index contributed by atoms with van der Waals surface area (Å²) < 4.78 is 38.9. The van der Waals surface area contributed by atoms with Gasteiger partial charge in [-0.1, -0.05) is 13.8 Å². The summed E-state index contributed by atoms with van der Waals surface area (Å²) in [6, 6.07) is 7.54. The Kier molecular flexibility index (Phi) is 6.47. The second-order valence-corrected chi connectivity index (χ2v) is 7.12. The molecule has 0 unspecified atom stereocenters. The van der Waals surface area contributed by atoms with Crippen LogP contribution in [-0.2, 0) is 10.0 Å². The Balaban J connectivity index is 1.94. The van der Waals surface area contributed by atoms with Crippen molar-refractivity contribution in [2.45, 2.75) is 18.7 Å². The Hall–Kier alpha value is -2.72. The SMILES string of the molecule is CCN(CC)S(=O)(=O)c1ccc(NNC(=O)Nc2ccc(F)cc2)nc1. The van der Waals surface area contributed by atoms with Gasteiger partial charge in [-0.3, -0.25) is 10.9 Å². The van der Waals surface area contributed by atoms with Crippen LogP contribution in [0.15, 0.2) is 47.5 Å². The zero-order valence-electron chi connectivity index (χ0n) is 14.4. The van der Waals surface area contributed by atoms with Crippen LogP contribution in [0.1, 0.15) is 13.8 Å². The van der Waals surface area contributed by atoms with E-state index in [2.05, 4.69) is 21.2 Å². The number of benzene rings is 1. The van der Waals surface area contributed by atoms with Gasteiger partial charge in [0, 0.05) is 25.0 Å². The number of carbonyl (C=O) groups is 1. The fraction of sp³-hybridized carbons (Fsp3) is 0.250. The Morgan fingerprint density at radius 1 is 1.12 bits per heavy atom. The monoisotopic (exact) mass is 381 g/mol. The summed E-state index contributed by atoms with van der Waals surface area (Å²) >= 11 is 0. The van der Waals surface area contributed by atoms with Gasteiger partial charge in [-0.25, -0.2) is 22.6 Å². The molecule has 1 heterocycles. The number of sulfonamides is 1. The first-order valence-electron chi connectivity index (χ1n) is 7.91. The standard InChI is InChI=1S/C16H20FN5O3S/c1-3-22(4-2)26(24,25)14-9-10-15(18-11-14)20-21-16(23)19-13-7-5-12(17)6-8-13/h5-11H,3-4H2,1-2H3,(H,18,20)(H2,19,21,23). The van der Waals surface area contributed by atoms with Gasteiger partial charge in [-0.2, -0.15) is 4.31 Å². The molecule has 2 amide bonds. The molecule has 0 aliphatic heterocycles. The number of halogens is 1. The molecule has 0 bridgehead atoms. The predicted molar refractivity (Wildman–Crippen MR) is 96.5 cm³/mol. The Morgan fingerprint density at radius 3 is 2.31 bits per heavy atom. The summed E-state index contributed by atoms with van der Waals surface area (Å²) in [5, 5.41) is 2.50. The highest BCUT2D eigenvalue weighted by Gasteiger charge is 2.21. The Bertz CT molecular complexity index is 837. The normalized spacial score (nSPS) is 11.2.